The summed E-state index contributed by atoms with van der Waals surface area (Å²) in [5, 5.41) is 0.371. The van der Waals surface area contributed by atoms with Crippen molar-refractivity contribution in [1.82, 2.24) is 0 Å². The van der Waals surface area contributed by atoms with E-state index in [1.165, 1.54) is 18.0 Å². The van der Waals surface area contributed by atoms with Crippen molar-refractivity contribution in [3.63, 3.8) is 0 Å². The number of thioether (sulfide) groups is 1. The Morgan fingerprint density at radius 3 is 2.80 bits per heavy atom. The van der Waals surface area contributed by atoms with Gasteiger partial charge in [0.05, 0.1) is 6.61 Å². The number of hydrogen-bond acceptors (Lipinski definition) is 5. The summed E-state index contributed by atoms with van der Waals surface area (Å²) >= 11 is 1.26. The van der Waals surface area contributed by atoms with Crippen LogP contribution in [0.3, 0.4) is 0 Å². The molecule has 1 atom stereocenters. The minimum Gasteiger partial charge on any atom is -0.465 e. The van der Waals surface area contributed by atoms with E-state index in [-0.39, 0.29) is 36.2 Å². The molecule has 0 N–H and O–H groups in total. The van der Waals surface area contributed by atoms with Crippen LogP contribution in [0.25, 0.3) is 0 Å². The van der Waals surface area contributed by atoms with Crippen LogP contribution >= 0.6 is 11.8 Å². The van der Waals surface area contributed by atoms with E-state index in [1.54, 1.807) is 13.2 Å². The van der Waals surface area contributed by atoms with Gasteiger partial charge in [-0.1, -0.05) is 11.8 Å². The van der Waals surface area contributed by atoms with E-state index in [2.05, 4.69) is 9.98 Å². The third kappa shape index (κ3) is 4.06. The second-order valence-corrected chi connectivity index (χ2v) is 3.22. The molecule has 0 fully saturated rings. The van der Waals surface area contributed by atoms with E-state index in [9.17, 15) is 9.59 Å². The van der Waals surface area contributed by atoms with Crippen LogP contribution < -0.4 is 0 Å². The molecule has 1 radical (unpaired) electrons. The number of amidine groups is 1. The first-order chi connectivity index (χ1) is 6.69. The van der Waals surface area contributed by atoms with Gasteiger partial charge in [0.1, 0.15) is 0 Å². The van der Waals surface area contributed by atoms with Crippen LogP contribution in [0.5, 0.6) is 0 Å². The van der Waals surface area contributed by atoms with Crippen molar-refractivity contribution in [2.24, 2.45) is 15.9 Å². The smallest absolute Gasteiger partial charge is 0.324 e. The number of carbonyl (C=O) groups is 2. The van der Waals surface area contributed by atoms with Gasteiger partial charge in [0.2, 0.25) is 0 Å². The minimum atomic E-state index is -0.967. The average Bonchev–Trinajstić information content (AvgIpc) is 2.17. The number of rotatable bonds is 2. The van der Waals surface area contributed by atoms with Crippen molar-refractivity contribution in [1.29, 1.82) is 0 Å². The molecule has 15 heavy (non-hydrogen) atoms. The standard InChI is InChI=1S/C8H10N2O3S.Na/c1-3-13-7(12)5-4-9-8(14-2)10-6(5)11;/h4-5H,3H2,1-2H3;. The zero-order chi connectivity index (χ0) is 10.6. The molecule has 0 aliphatic carbocycles. The molecule has 1 aliphatic heterocycles. The van der Waals surface area contributed by atoms with Crippen LogP contribution in [0.15, 0.2) is 9.98 Å². The van der Waals surface area contributed by atoms with Crippen molar-refractivity contribution < 1.29 is 14.3 Å². The van der Waals surface area contributed by atoms with Gasteiger partial charge in [-0.05, 0) is 13.2 Å². The second kappa shape index (κ2) is 7.16. The molecule has 7 heteroatoms. The van der Waals surface area contributed by atoms with Gasteiger partial charge >= 0.3 is 5.97 Å². The Morgan fingerprint density at radius 2 is 2.33 bits per heavy atom. The van der Waals surface area contributed by atoms with Crippen molar-refractivity contribution in [2.75, 3.05) is 12.9 Å². The second-order valence-electron chi connectivity index (χ2n) is 2.44. The number of esters is 1. The Morgan fingerprint density at radius 1 is 1.67 bits per heavy atom. The molecule has 77 valence electrons. The van der Waals surface area contributed by atoms with Gasteiger partial charge in [0, 0.05) is 35.8 Å². The van der Waals surface area contributed by atoms with Crippen LogP contribution in [0.2, 0.25) is 0 Å². The van der Waals surface area contributed by atoms with Crippen LogP contribution in [0.1, 0.15) is 6.92 Å². The van der Waals surface area contributed by atoms with E-state index >= 15 is 0 Å². The van der Waals surface area contributed by atoms with Gasteiger partial charge in [0.15, 0.2) is 11.1 Å². The Labute approximate surface area is 114 Å². The maximum absolute atomic E-state index is 11.3. The third-order valence-electron chi connectivity index (χ3n) is 1.53. The molecule has 1 heterocycles. The van der Waals surface area contributed by atoms with E-state index in [0.29, 0.717) is 5.17 Å². The van der Waals surface area contributed by atoms with Gasteiger partial charge in [-0.25, -0.2) is 4.99 Å². The Kier molecular flexibility index (Phi) is 7.08. The fourth-order valence-electron chi connectivity index (χ4n) is 0.887. The molecule has 1 aliphatic rings. The molecule has 0 saturated heterocycles. The van der Waals surface area contributed by atoms with E-state index in [4.69, 9.17) is 4.74 Å². The molecule has 0 aromatic heterocycles. The summed E-state index contributed by atoms with van der Waals surface area (Å²) in [6.07, 6.45) is 3.04. The van der Waals surface area contributed by atoms with Gasteiger partial charge in [-0.2, -0.15) is 4.99 Å². The van der Waals surface area contributed by atoms with E-state index < -0.39 is 17.8 Å². The Hall–Kier alpha value is -0.170. The first kappa shape index (κ1) is 14.8. The molecule has 0 aromatic rings. The van der Waals surface area contributed by atoms with Crippen molar-refractivity contribution >= 4 is 64.6 Å². The summed E-state index contributed by atoms with van der Waals surface area (Å²) in [6, 6.07) is 0. The van der Waals surface area contributed by atoms with Crippen molar-refractivity contribution in [3.05, 3.63) is 0 Å². The molecule has 0 saturated carbocycles. The predicted octanol–water partition coefficient (Wildman–Crippen LogP) is 0.115. The zero-order valence-electron chi connectivity index (χ0n) is 8.89. The van der Waals surface area contributed by atoms with Crippen LogP contribution in [0, 0.1) is 5.92 Å². The summed E-state index contributed by atoms with van der Waals surface area (Å²) in [6.45, 7) is 1.93. The fraction of sp³-hybridized carbons (Fsp3) is 0.500. The van der Waals surface area contributed by atoms with Gasteiger partial charge in [-0.3, -0.25) is 9.59 Å². The van der Waals surface area contributed by atoms with E-state index in [0.717, 1.165) is 0 Å². The normalized spacial score (nSPS) is 19.2. The maximum Gasteiger partial charge on any atom is 0.324 e. The summed E-state index contributed by atoms with van der Waals surface area (Å²) in [7, 11) is 0. The monoisotopic (exact) mass is 237 g/mol. The summed E-state index contributed by atoms with van der Waals surface area (Å²) in [5.74, 6) is -2.07. The first-order valence-electron chi connectivity index (χ1n) is 4.06. The van der Waals surface area contributed by atoms with Crippen molar-refractivity contribution in [3.8, 4) is 0 Å². The number of carbonyl (C=O) groups excluding carboxylic acids is 2. The Balaban J connectivity index is 0.00000196. The Bertz CT molecular complexity index is 317. The maximum atomic E-state index is 11.3. The third-order valence-corrected chi connectivity index (χ3v) is 2.09. The number of nitrogens with zero attached hydrogens (tertiary/aromatic N) is 2. The average molecular weight is 237 g/mol. The molecule has 0 bridgehead atoms. The summed E-state index contributed by atoms with van der Waals surface area (Å²) in [4.78, 5) is 30.0. The number of ether oxygens (including phenoxy) is 1. The van der Waals surface area contributed by atoms with E-state index in [1.807, 2.05) is 0 Å². The SMILES string of the molecule is CCOC(=O)C1C=NC(SC)=NC1=O.[Na]. The molecule has 1 unspecified atom stereocenters. The van der Waals surface area contributed by atoms with Gasteiger partial charge in [-0.15, -0.1) is 0 Å². The topological polar surface area (TPSA) is 68.1 Å². The molecular formula is C8H10N2NaO3S. The summed E-state index contributed by atoms with van der Waals surface area (Å²) < 4.78 is 4.69. The fourth-order valence-corrected chi connectivity index (χ4v) is 1.23. The number of amides is 1. The van der Waals surface area contributed by atoms with Crippen LogP contribution in [0.4, 0.5) is 0 Å². The molecule has 1 amide bonds. The van der Waals surface area contributed by atoms with Crippen LogP contribution in [-0.2, 0) is 14.3 Å². The summed E-state index contributed by atoms with van der Waals surface area (Å²) in [5.41, 5.74) is 0. The van der Waals surface area contributed by atoms with Crippen LogP contribution in [-0.4, -0.2) is 65.7 Å². The first-order valence-corrected chi connectivity index (χ1v) is 5.28. The zero-order valence-corrected chi connectivity index (χ0v) is 11.7. The molecular weight excluding hydrogens is 227 g/mol. The van der Waals surface area contributed by atoms with Gasteiger partial charge < -0.3 is 4.74 Å². The molecule has 0 aromatic carbocycles. The predicted molar refractivity (Wildman–Crippen MR) is 60.3 cm³/mol. The number of hydrogen-bond donors (Lipinski definition) is 0. The molecule has 0 spiro atoms. The number of aliphatic imine (C=N–C) groups is 2. The largest absolute Gasteiger partial charge is 0.465 e. The molecule has 5 nitrogen and oxygen atoms in total. The minimum absolute atomic E-state index is 0. The molecule has 1 rings (SSSR count). The van der Waals surface area contributed by atoms with Crippen molar-refractivity contribution in [2.45, 2.75) is 6.92 Å². The van der Waals surface area contributed by atoms with Gasteiger partial charge in [0.25, 0.3) is 5.91 Å². The quantitative estimate of drug-likeness (QED) is 0.388.